The topological polar surface area (TPSA) is 29.9 Å². The zero-order valence-corrected chi connectivity index (χ0v) is 36.3. The first-order valence-electron chi connectivity index (χ1n) is 21.6. The molecule has 3 heterocycles. The van der Waals surface area contributed by atoms with Gasteiger partial charge in [0, 0.05) is 40.3 Å². The summed E-state index contributed by atoms with van der Waals surface area (Å²) in [6, 6.07) is 61.0. The van der Waals surface area contributed by atoms with Crippen LogP contribution in [0.1, 0.15) is 52.7 Å². The monoisotopic (exact) mass is 807 g/mol. The number of ether oxygens (including phenoxy) is 2. The number of aromatic nitrogens is 1. The van der Waals surface area contributed by atoms with Crippen LogP contribution >= 0.6 is 0 Å². The molecule has 304 valence electrons. The van der Waals surface area contributed by atoms with E-state index in [0.717, 1.165) is 68.2 Å². The average molecular weight is 808 g/mol. The average Bonchev–Trinajstić information content (AvgIpc) is 3.57. The minimum atomic E-state index is -0.0889. The lowest BCUT2D eigenvalue weighted by molar-refractivity contribution is 0.477. The lowest BCUT2D eigenvalue weighted by atomic mass is 9.82. The Morgan fingerprint density at radius 3 is 1.05 bits per heavy atom. The fourth-order valence-electron chi connectivity index (χ4n) is 9.41. The van der Waals surface area contributed by atoms with Gasteiger partial charge in [0.1, 0.15) is 0 Å². The van der Waals surface area contributed by atoms with Gasteiger partial charge in [-0.2, -0.15) is 0 Å². The Balaban J connectivity index is 1.15. The standard InChI is InChI=1S/C57H49N3O2/c1-56(2,3)38-32-42(36-18-16-20-40(30-36)59-46-22-8-12-26-50(46)61-51-27-13-9-23-47(51)59)54-44(34-38)45-35-39(57(4,5)6)33-43(55(45)58(54)7)37-19-17-21-41(31-37)60-48-24-10-14-28-52(48)62-53-29-15-11-25-49(53)60/h8-35H,1-7H3. The SMILES string of the molecule is Cn1c2c(-c3cccc(N4c5ccccc5Oc5ccccc54)c3)cc(C(C)(C)C)cc2c2cc(C(C)(C)C)cc(-c3cccc(N4c5ccccc5Oc5ccccc54)c3)c21. The van der Waals surface area contributed by atoms with E-state index in [4.69, 9.17) is 9.47 Å². The Hall–Kier alpha value is -7.24. The molecule has 9 aromatic rings. The summed E-state index contributed by atoms with van der Waals surface area (Å²) >= 11 is 0. The Labute approximate surface area is 364 Å². The smallest absolute Gasteiger partial charge is 0.151 e. The maximum atomic E-state index is 6.41. The van der Waals surface area contributed by atoms with Gasteiger partial charge < -0.3 is 23.8 Å². The Morgan fingerprint density at radius 1 is 0.371 bits per heavy atom. The lowest BCUT2D eigenvalue weighted by Gasteiger charge is -2.33. The van der Waals surface area contributed by atoms with Crippen molar-refractivity contribution >= 4 is 55.9 Å². The van der Waals surface area contributed by atoms with Gasteiger partial charge in [-0.05, 0) is 130 Å². The second-order valence-corrected chi connectivity index (χ2v) is 18.7. The van der Waals surface area contributed by atoms with Gasteiger partial charge in [-0.1, -0.05) is 114 Å². The second kappa shape index (κ2) is 13.9. The van der Waals surface area contributed by atoms with E-state index in [1.54, 1.807) is 0 Å². The van der Waals surface area contributed by atoms with Crippen molar-refractivity contribution in [1.29, 1.82) is 0 Å². The first kappa shape index (κ1) is 37.7. The molecule has 0 radical (unpaired) electrons. The number of hydrogen-bond donors (Lipinski definition) is 0. The molecule has 0 atom stereocenters. The van der Waals surface area contributed by atoms with E-state index in [1.165, 1.54) is 44.1 Å². The summed E-state index contributed by atoms with van der Waals surface area (Å²) in [7, 11) is 2.25. The third-order valence-electron chi connectivity index (χ3n) is 12.6. The Bertz CT molecular complexity index is 2950. The molecule has 0 bridgehead atoms. The van der Waals surface area contributed by atoms with E-state index in [0.29, 0.717) is 0 Å². The molecule has 2 aliphatic rings. The number of aryl methyl sites for hydroxylation is 1. The van der Waals surface area contributed by atoms with Crippen LogP contribution in [0.25, 0.3) is 44.1 Å². The van der Waals surface area contributed by atoms with Gasteiger partial charge in [0.05, 0.1) is 33.8 Å². The number of para-hydroxylation sites is 8. The summed E-state index contributed by atoms with van der Waals surface area (Å²) in [5.41, 5.74) is 15.8. The highest BCUT2D eigenvalue weighted by Crippen LogP contribution is 2.53. The molecule has 0 saturated carbocycles. The van der Waals surface area contributed by atoms with Crippen LogP contribution in [0.5, 0.6) is 23.0 Å². The van der Waals surface area contributed by atoms with Crippen LogP contribution in [-0.2, 0) is 17.9 Å². The Kier molecular flexibility index (Phi) is 8.46. The minimum Gasteiger partial charge on any atom is -0.453 e. The van der Waals surface area contributed by atoms with E-state index >= 15 is 0 Å². The molecule has 2 aliphatic heterocycles. The molecule has 0 spiro atoms. The summed E-state index contributed by atoms with van der Waals surface area (Å²) in [6.07, 6.45) is 0. The lowest BCUT2D eigenvalue weighted by Crippen LogP contribution is -2.15. The van der Waals surface area contributed by atoms with Gasteiger partial charge in [-0.25, -0.2) is 0 Å². The van der Waals surface area contributed by atoms with Gasteiger partial charge in [-0.15, -0.1) is 0 Å². The molecule has 8 aromatic carbocycles. The summed E-state index contributed by atoms with van der Waals surface area (Å²) < 4.78 is 15.3. The second-order valence-electron chi connectivity index (χ2n) is 18.7. The zero-order valence-electron chi connectivity index (χ0n) is 36.3. The highest BCUT2D eigenvalue weighted by atomic mass is 16.5. The van der Waals surface area contributed by atoms with Gasteiger partial charge in [0.25, 0.3) is 0 Å². The molecule has 0 saturated heterocycles. The highest BCUT2D eigenvalue weighted by molar-refractivity contribution is 6.17. The molecular formula is C57H49N3O2. The van der Waals surface area contributed by atoms with Crippen LogP contribution in [0.15, 0.2) is 170 Å². The summed E-state index contributed by atoms with van der Waals surface area (Å²) in [5.74, 6) is 3.37. The van der Waals surface area contributed by atoms with Crippen molar-refractivity contribution in [3.8, 4) is 45.3 Å². The van der Waals surface area contributed by atoms with Crippen molar-refractivity contribution in [2.45, 2.75) is 52.4 Å². The molecule has 62 heavy (non-hydrogen) atoms. The van der Waals surface area contributed by atoms with Crippen molar-refractivity contribution in [1.82, 2.24) is 4.57 Å². The zero-order chi connectivity index (χ0) is 42.5. The van der Waals surface area contributed by atoms with Crippen molar-refractivity contribution in [3.63, 3.8) is 0 Å². The largest absolute Gasteiger partial charge is 0.453 e. The molecule has 0 unspecified atom stereocenters. The number of rotatable bonds is 4. The van der Waals surface area contributed by atoms with Crippen LogP contribution in [-0.4, -0.2) is 4.57 Å². The summed E-state index contributed by atoms with van der Waals surface area (Å²) in [4.78, 5) is 4.66. The molecule has 0 N–H and O–H groups in total. The van der Waals surface area contributed by atoms with Crippen molar-refractivity contribution in [2.75, 3.05) is 9.80 Å². The third-order valence-corrected chi connectivity index (χ3v) is 12.6. The predicted molar refractivity (Wildman–Crippen MR) is 258 cm³/mol. The molecule has 11 rings (SSSR count). The van der Waals surface area contributed by atoms with E-state index < -0.39 is 0 Å². The molecule has 5 nitrogen and oxygen atoms in total. The fraction of sp³-hybridized carbons (Fsp3) is 0.158. The number of fused-ring (bicyclic) bond motifs is 7. The molecule has 0 fully saturated rings. The summed E-state index contributed by atoms with van der Waals surface area (Å²) in [5, 5.41) is 2.52. The van der Waals surface area contributed by atoms with Crippen molar-refractivity contribution in [3.05, 3.63) is 181 Å². The number of benzene rings is 8. The van der Waals surface area contributed by atoms with Crippen LogP contribution in [0.2, 0.25) is 0 Å². The summed E-state index contributed by atoms with van der Waals surface area (Å²) in [6.45, 7) is 13.9. The van der Waals surface area contributed by atoms with Gasteiger partial charge in [0.2, 0.25) is 0 Å². The van der Waals surface area contributed by atoms with Crippen LogP contribution in [0, 0.1) is 0 Å². The number of anilines is 6. The predicted octanol–water partition coefficient (Wildman–Crippen LogP) is 16.4. The third kappa shape index (κ3) is 6.06. The fourth-order valence-corrected chi connectivity index (χ4v) is 9.41. The van der Waals surface area contributed by atoms with Gasteiger partial charge in [0.15, 0.2) is 23.0 Å². The quantitative estimate of drug-likeness (QED) is 0.177. The Morgan fingerprint density at radius 2 is 0.710 bits per heavy atom. The molecular weight excluding hydrogens is 759 g/mol. The van der Waals surface area contributed by atoms with Crippen LogP contribution < -0.4 is 19.3 Å². The van der Waals surface area contributed by atoms with Gasteiger partial charge >= 0.3 is 0 Å². The van der Waals surface area contributed by atoms with E-state index in [1.807, 2.05) is 48.5 Å². The van der Waals surface area contributed by atoms with Crippen LogP contribution in [0.4, 0.5) is 34.1 Å². The number of nitrogens with zero attached hydrogens (tertiary/aromatic N) is 3. The number of hydrogen-bond acceptors (Lipinski definition) is 4. The van der Waals surface area contributed by atoms with E-state index in [-0.39, 0.29) is 10.8 Å². The first-order valence-corrected chi connectivity index (χ1v) is 21.6. The maximum absolute atomic E-state index is 6.41. The van der Waals surface area contributed by atoms with Crippen molar-refractivity contribution < 1.29 is 9.47 Å². The van der Waals surface area contributed by atoms with Crippen LogP contribution in [0.3, 0.4) is 0 Å². The normalized spacial score (nSPS) is 13.3. The molecule has 0 aliphatic carbocycles. The first-order chi connectivity index (χ1) is 29.9. The molecule has 5 heteroatoms. The van der Waals surface area contributed by atoms with Crippen molar-refractivity contribution in [2.24, 2.45) is 7.05 Å². The maximum Gasteiger partial charge on any atom is 0.151 e. The highest BCUT2D eigenvalue weighted by Gasteiger charge is 2.29. The minimum absolute atomic E-state index is 0.0889. The van der Waals surface area contributed by atoms with E-state index in [9.17, 15) is 0 Å². The van der Waals surface area contributed by atoms with E-state index in [2.05, 4.69) is 184 Å². The molecule has 0 amide bonds. The molecule has 1 aromatic heterocycles. The van der Waals surface area contributed by atoms with Gasteiger partial charge in [-0.3, -0.25) is 0 Å².